The molecular formula is C27H27N3O4S. The van der Waals surface area contributed by atoms with Crippen LogP contribution in [-0.2, 0) is 21.2 Å². The van der Waals surface area contributed by atoms with Crippen molar-refractivity contribution in [2.75, 3.05) is 29.3 Å². The maximum Gasteiger partial charge on any atom is 0.265 e. The lowest BCUT2D eigenvalue weighted by molar-refractivity contribution is -0.114. The number of nitrogens with zero attached hydrogens (tertiary/aromatic N) is 2. The highest BCUT2D eigenvalue weighted by Gasteiger charge is 2.36. The van der Waals surface area contributed by atoms with Gasteiger partial charge in [0.25, 0.3) is 15.9 Å². The first-order chi connectivity index (χ1) is 16.9. The number of para-hydroxylation sites is 1. The first kappa shape index (κ1) is 23.1. The van der Waals surface area contributed by atoms with Crippen molar-refractivity contribution in [2.24, 2.45) is 0 Å². The zero-order valence-electron chi connectivity index (χ0n) is 19.5. The van der Waals surface area contributed by atoms with Crippen molar-refractivity contribution in [1.82, 2.24) is 4.90 Å². The van der Waals surface area contributed by atoms with E-state index < -0.39 is 22.5 Å². The van der Waals surface area contributed by atoms with Crippen molar-refractivity contribution in [1.29, 1.82) is 0 Å². The van der Waals surface area contributed by atoms with Gasteiger partial charge in [0.1, 0.15) is 6.54 Å². The second-order valence-electron chi connectivity index (χ2n) is 8.81. The number of likely N-dealkylation sites (tertiary alicyclic amines) is 1. The molecule has 2 amide bonds. The summed E-state index contributed by atoms with van der Waals surface area (Å²) in [5, 5.41) is 2.78. The van der Waals surface area contributed by atoms with E-state index in [-0.39, 0.29) is 10.8 Å². The fraction of sp³-hybridized carbons (Fsp3) is 0.259. The van der Waals surface area contributed by atoms with Crippen LogP contribution in [0.5, 0.6) is 0 Å². The van der Waals surface area contributed by atoms with Crippen LogP contribution < -0.4 is 9.62 Å². The normalized spacial score (nSPS) is 15.9. The molecule has 0 spiro atoms. The molecular weight excluding hydrogens is 462 g/mol. The second kappa shape index (κ2) is 9.19. The van der Waals surface area contributed by atoms with E-state index in [1.807, 2.05) is 25.1 Å². The molecule has 0 saturated carbocycles. The lowest BCUT2D eigenvalue weighted by Crippen LogP contribution is -2.40. The number of rotatable bonds is 5. The molecule has 3 aromatic carbocycles. The summed E-state index contributed by atoms with van der Waals surface area (Å²) >= 11 is 0. The van der Waals surface area contributed by atoms with Crippen LogP contribution in [0.2, 0.25) is 0 Å². The molecule has 0 radical (unpaired) electrons. The van der Waals surface area contributed by atoms with Crippen molar-refractivity contribution < 1.29 is 18.0 Å². The number of benzene rings is 3. The molecule has 1 fully saturated rings. The molecule has 1 saturated heterocycles. The molecule has 5 rings (SSSR count). The Balaban J connectivity index is 1.46. The molecule has 2 aliphatic rings. The van der Waals surface area contributed by atoms with E-state index in [0.29, 0.717) is 35.6 Å². The molecule has 2 aliphatic heterocycles. The molecule has 7 nitrogen and oxygen atoms in total. The average molecular weight is 490 g/mol. The minimum absolute atomic E-state index is 0.129. The van der Waals surface area contributed by atoms with Gasteiger partial charge in [0.15, 0.2) is 0 Å². The highest BCUT2D eigenvalue weighted by molar-refractivity contribution is 7.93. The van der Waals surface area contributed by atoms with Crippen molar-refractivity contribution in [3.05, 3.63) is 77.9 Å². The van der Waals surface area contributed by atoms with Crippen LogP contribution in [0, 0.1) is 0 Å². The Morgan fingerprint density at radius 1 is 0.914 bits per heavy atom. The minimum Gasteiger partial charge on any atom is -0.339 e. The van der Waals surface area contributed by atoms with Gasteiger partial charge in [-0.25, -0.2) is 8.42 Å². The Kier molecular flexibility index (Phi) is 6.06. The van der Waals surface area contributed by atoms with Crippen LogP contribution in [0.1, 0.15) is 35.7 Å². The monoisotopic (exact) mass is 489 g/mol. The number of carbonyl (C=O) groups is 2. The Labute approximate surface area is 205 Å². The number of aryl methyl sites for hydroxylation is 1. The van der Waals surface area contributed by atoms with Crippen LogP contribution in [0.3, 0.4) is 0 Å². The van der Waals surface area contributed by atoms with Gasteiger partial charge in [0.05, 0.1) is 21.8 Å². The van der Waals surface area contributed by atoms with Crippen molar-refractivity contribution in [2.45, 2.75) is 31.1 Å². The van der Waals surface area contributed by atoms with Gasteiger partial charge in [-0.05, 0) is 55.2 Å². The molecule has 0 aromatic heterocycles. The zero-order valence-corrected chi connectivity index (χ0v) is 20.3. The number of anilines is 2. The molecule has 0 atom stereocenters. The molecule has 3 aromatic rings. The minimum atomic E-state index is -3.95. The summed E-state index contributed by atoms with van der Waals surface area (Å²) in [6.07, 6.45) is 2.74. The van der Waals surface area contributed by atoms with E-state index in [0.717, 1.165) is 34.7 Å². The average Bonchev–Trinajstić information content (AvgIpc) is 3.41. The number of amides is 2. The molecule has 0 aliphatic carbocycles. The number of hydrogen-bond donors (Lipinski definition) is 1. The van der Waals surface area contributed by atoms with E-state index in [1.165, 1.54) is 0 Å². The van der Waals surface area contributed by atoms with E-state index in [4.69, 9.17) is 0 Å². The first-order valence-corrected chi connectivity index (χ1v) is 13.3. The topological polar surface area (TPSA) is 86.8 Å². The van der Waals surface area contributed by atoms with Gasteiger partial charge < -0.3 is 10.2 Å². The molecule has 2 heterocycles. The third kappa shape index (κ3) is 4.18. The van der Waals surface area contributed by atoms with Crippen LogP contribution in [0.4, 0.5) is 11.4 Å². The standard InChI is InChI=1S/C27H27N3O4S/c1-2-19-13-14-24-22(17-19)20-9-4-6-12-25(20)35(33,34)30(24)18-26(31)28-23-11-5-3-10-21(23)27(32)29-15-7-8-16-29/h3-6,9-14,17H,2,7-8,15-16,18H2,1H3,(H,28,31). The highest BCUT2D eigenvalue weighted by atomic mass is 32.2. The van der Waals surface area contributed by atoms with Gasteiger partial charge >= 0.3 is 0 Å². The Hall–Kier alpha value is -3.65. The fourth-order valence-corrected chi connectivity index (χ4v) is 6.41. The lowest BCUT2D eigenvalue weighted by Gasteiger charge is -2.32. The van der Waals surface area contributed by atoms with Gasteiger partial charge in [-0.15, -0.1) is 0 Å². The summed E-state index contributed by atoms with van der Waals surface area (Å²) in [6, 6.07) is 19.3. The summed E-state index contributed by atoms with van der Waals surface area (Å²) in [6.45, 7) is 3.03. The van der Waals surface area contributed by atoms with Gasteiger partial charge in [-0.1, -0.05) is 43.3 Å². The van der Waals surface area contributed by atoms with Crippen LogP contribution in [0.25, 0.3) is 11.1 Å². The van der Waals surface area contributed by atoms with Gasteiger partial charge in [0.2, 0.25) is 5.91 Å². The van der Waals surface area contributed by atoms with Gasteiger partial charge in [-0.2, -0.15) is 0 Å². The maximum absolute atomic E-state index is 13.5. The van der Waals surface area contributed by atoms with E-state index >= 15 is 0 Å². The van der Waals surface area contributed by atoms with Crippen molar-refractivity contribution >= 4 is 33.2 Å². The Bertz CT molecular complexity index is 1410. The van der Waals surface area contributed by atoms with E-state index in [1.54, 1.807) is 53.4 Å². The van der Waals surface area contributed by atoms with Gasteiger partial charge in [0, 0.05) is 24.2 Å². The number of sulfonamides is 1. The van der Waals surface area contributed by atoms with Crippen molar-refractivity contribution in [3.8, 4) is 11.1 Å². The third-order valence-electron chi connectivity index (χ3n) is 6.60. The number of fused-ring (bicyclic) bond motifs is 3. The molecule has 35 heavy (non-hydrogen) atoms. The lowest BCUT2D eigenvalue weighted by atomic mass is 9.99. The van der Waals surface area contributed by atoms with Crippen LogP contribution in [0.15, 0.2) is 71.6 Å². The first-order valence-electron chi connectivity index (χ1n) is 11.8. The maximum atomic E-state index is 13.5. The van der Waals surface area contributed by atoms with Crippen molar-refractivity contribution in [3.63, 3.8) is 0 Å². The zero-order chi connectivity index (χ0) is 24.6. The van der Waals surface area contributed by atoms with E-state index in [9.17, 15) is 18.0 Å². The quantitative estimate of drug-likeness (QED) is 0.579. The SMILES string of the molecule is CCc1ccc2c(c1)-c1ccccc1S(=O)(=O)N2CC(=O)Nc1ccccc1C(=O)N1CCCC1. The predicted molar refractivity (Wildman–Crippen MR) is 136 cm³/mol. The molecule has 180 valence electrons. The smallest absolute Gasteiger partial charge is 0.265 e. The Morgan fingerprint density at radius 2 is 1.63 bits per heavy atom. The highest BCUT2D eigenvalue weighted by Crippen LogP contribution is 2.43. The summed E-state index contributed by atoms with van der Waals surface area (Å²) in [5.41, 5.74) is 3.76. The van der Waals surface area contributed by atoms with Gasteiger partial charge in [-0.3, -0.25) is 13.9 Å². The van der Waals surface area contributed by atoms with E-state index in [2.05, 4.69) is 5.32 Å². The van der Waals surface area contributed by atoms with Crippen LogP contribution >= 0.6 is 0 Å². The summed E-state index contributed by atoms with van der Waals surface area (Å²) < 4.78 is 28.2. The molecule has 8 heteroatoms. The second-order valence-corrected chi connectivity index (χ2v) is 10.6. The molecule has 0 unspecified atom stereocenters. The largest absolute Gasteiger partial charge is 0.339 e. The Morgan fingerprint density at radius 3 is 2.40 bits per heavy atom. The summed E-state index contributed by atoms with van der Waals surface area (Å²) in [4.78, 5) is 28.1. The number of hydrogen-bond acceptors (Lipinski definition) is 4. The summed E-state index contributed by atoms with van der Waals surface area (Å²) in [7, 11) is -3.95. The third-order valence-corrected chi connectivity index (χ3v) is 8.41. The fourth-order valence-electron chi connectivity index (χ4n) is 4.76. The molecule has 1 N–H and O–H groups in total. The summed E-state index contributed by atoms with van der Waals surface area (Å²) in [5.74, 6) is -0.643. The van der Waals surface area contributed by atoms with Crippen LogP contribution in [-0.4, -0.2) is 44.8 Å². The molecule has 0 bridgehead atoms. The number of nitrogens with one attached hydrogen (secondary N) is 1. The number of carbonyl (C=O) groups excluding carboxylic acids is 2. The predicted octanol–water partition coefficient (Wildman–Crippen LogP) is 4.30.